The molecular weight excluding hydrogens is 208 g/mol. The lowest BCUT2D eigenvalue weighted by atomic mass is 10.4. The van der Waals surface area contributed by atoms with Gasteiger partial charge in [-0.2, -0.15) is 0 Å². The second-order valence-electron chi connectivity index (χ2n) is 2.99. The molecule has 2 aromatic heterocycles. The van der Waals surface area contributed by atoms with Crippen LogP contribution in [-0.4, -0.2) is 15.8 Å². The zero-order chi connectivity index (χ0) is 11.4. The molecule has 2 heterocycles. The number of ether oxygens (including phenoxy) is 1. The Morgan fingerprint density at radius 3 is 2.94 bits per heavy atom. The van der Waals surface area contributed by atoms with Crippen molar-refractivity contribution in [2.45, 2.75) is 6.61 Å². The van der Waals surface area contributed by atoms with Crippen LogP contribution in [0.4, 0.5) is 0 Å². The molecule has 0 radical (unpaired) electrons. The van der Waals surface area contributed by atoms with Crippen molar-refractivity contribution in [3.05, 3.63) is 42.2 Å². The lowest BCUT2D eigenvalue weighted by molar-refractivity contribution is 0.259. The molecule has 0 unspecified atom stereocenters. The third kappa shape index (κ3) is 2.17. The molecule has 0 spiro atoms. The van der Waals surface area contributed by atoms with Crippen molar-refractivity contribution in [3.63, 3.8) is 0 Å². The molecule has 0 fully saturated rings. The molecule has 2 aromatic rings. The number of amidine groups is 1. The van der Waals surface area contributed by atoms with Gasteiger partial charge < -0.3 is 14.9 Å². The molecule has 16 heavy (non-hydrogen) atoms. The van der Waals surface area contributed by atoms with E-state index < -0.39 is 0 Å². The van der Waals surface area contributed by atoms with Gasteiger partial charge in [0.15, 0.2) is 5.69 Å². The number of nitrogen functional groups attached to an aromatic ring is 1. The largest absolute Gasteiger partial charge is 0.468 e. The Morgan fingerprint density at radius 1 is 1.44 bits per heavy atom. The first-order chi connectivity index (χ1) is 7.77. The van der Waals surface area contributed by atoms with E-state index >= 15 is 0 Å². The molecule has 0 aliphatic heterocycles. The number of hydrogen-bond donors (Lipinski definition) is 2. The van der Waals surface area contributed by atoms with Gasteiger partial charge in [-0.3, -0.25) is 5.41 Å². The summed E-state index contributed by atoms with van der Waals surface area (Å²) in [6, 6.07) is 3.55. The highest BCUT2D eigenvalue weighted by molar-refractivity contribution is 5.94. The van der Waals surface area contributed by atoms with Crippen molar-refractivity contribution in [3.8, 4) is 5.88 Å². The fraction of sp³-hybridized carbons (Fsp3) is 0.100. The summed E-state index contributed by atoms with van der Waals surface area (Å²) in [7, 11) is 0. The van der Waals surface area contributed by atoms with Crippen molar-refractivity contribution in [1.82, 2.24) is 9.97 Å². The average Bonchev–Trinajstić information content (AvgIpc) is 2.79. The standard InChI is InChI=1S/C10H10N4O2/c11-9(12)8-10(14-4-3-13-8)16-6-7-2-1-5-15-7/h1-5H,6H2,(H3,11,12). The van der Waals surface area contributed by atoms with Crippen LogP contribution in [0.15, 0.2) is 35.2 Å². The average molecular weight is 218 g/mol. The summed E-state index contributed by atoms with van der Waals surface area (Å²) in [6.45, 7) is 0.228. The van der Waals surface area contributed by atoms with E-state index in [1.807, 2.05) is 0 Å². The van der Waals surface area contributed by atoms with Crippen LogP contribution in [0.3, 0.4) is 0 Å². The molecule has 0 saturated heterocycles. The number of hydrogen-bond acceptors (Lipinski definition) is 5. The van der Waals surface area contributed by atoms with Crippen LogP contribution >= 0.6 is 0 Å². The van der Waals surface area contributed by atoms with Gasteiger partial charge in [0.1, 0.15) is 18.2 Å². The molecule has 6 nitrogen and oxygen atoms in total. The maximum Gasteiger partial charge on any atom is 0.244 e. The summed E-state index contributed by atoms with van der Waals surface area (Å²) in [5.41, 5.74) is 5.57. The van der Waals surface area contributed by atoms with Crippen LogP contribution in [0.2, 0.25) is 0 Å². The van der Waals surface area contributed by atoms with Gasteiger partial charge in [-0.05, 0) is 12.1 Å². The Hall–Kier alpha value is -2.37. The minimum atomic E-state index is -0.178. The summed E-state index contributed by atoms with van der Waals surface area (Å²) in [4.78, 5) is 7.86. The highest BCUT2D eigenvalue weighted by atomic mass is 16.5. The molecule has 0 aromatic carbocycles. The molecule has 0 atom stereocenters. The predicted molar refractivity (Wildman–Crippen MR) is 56.1 cm³/mol. The molecular formula is C10H10N4O2. The minimum Gasteiger partial charge on any atom is -0.468 e. The minimum absolute atomic E-state index is 0.178. The molecule has 82 valence electrons. The predicted octanol–water partition coefficient (Wildman–Crippen LogP) is 0.933. The summed E-state index contributed by atoms with van der Waals surface area (Å²) in [6.07, 6.45) is 4.49. The third-order valence-corrected chi connectivity index (χ3v) is 1.85. The maximum atomic E-state index is 7.30. The molecule has 6 heteroatoms. The summed E-state index contributed by atoms with van der Waals surface area (Å²) in [5, 5.41) is 7.30. The van der Waals surface area contributed by atoms with Crippen molar-refractivity contribution in [2.24, 2.45) is 5.73 Å². The highest BCUT2D eigenvalue weighted by Gasteiger charge is 2.09. The number of rotatable bonds is 4. The van der Waals surface area contributed by atoms with Crippen LogP contribution in [0.5, 0.6) is 5.88 Å². The van der Waals surface area contributed by atoms with E-state index in [-0.39, 0.29) is 24.0 Å². The summed E-state index contributed by atoms with van der Waals surface area (Å²) in [5.74, 6) is 0.717. The zero-order valence-corrected chi connectivity index (χ0v) is 8.38. The van der Waals surface area contributed by atoms with Crippen LogP contribution in [0, 0.1) is 5.41 Å². The van der Waals surface area contributed by atoms with Crippen LogP contribution in [-0.2, 0) is 6.61 Å². The molecule has 0 aliphatic carbocycles. The zero-order valence-electron chi connectivity index (χ0n) is 8.38. The number of furan rings is 1. The highest BCUT2D eigenvalue weighted by Crippen LogP contribution is 2.12. The van der Waals surface area contributed by atoms with Crippen molar-refractivity contribution in [1.29, 1.82) is 5.41 Å². The molecule has 0 saturated carbocycles. The number of aromatic nitrogens is 2. The Kier molecular flexibility index (Phi) is 2.81. The topological polar surface area (TPSA) is 98.0 Å². The molecule has 0 aliphatic rings. The number of nitrogens with one attached hydrogen (secondary N) is 1. The van der Waals surface area contributed by atoms with Gasteiger partial charge in [0, 0.05) is 12.4 Å². The van der Waals surface area contributed by atoms with Crippen molar-refractivity contribution < 1.29 is 9.15 Å². The van der Waals surface area contributed by atoms with E-state index in [4.69, 9.17) is 20.3 Å². The van der Waals surface area contributed by atoms with Gasteiger partial charge in [0.25, 0.3) is 0 Å². The molecule has 2 rings (SSSR count). The first kappa shape index (κ1) is 10.2. The SMILES string of the molecule is N=C(N)c1nccnc1OCc1ccco1. The van der Waals surface area contributed by atoms with Crippen LogP contribution in [0.25, 0.3) is 0 Å². The fourth-order valence-corrected chi connectivity index (χ4v) is 1.15. The first-order valence-electron chi connectivity index (χ1n) is 4.58. The Morgan fingerprint density at radius 2 is 2.25 bits per heavy atom. The maximum absolute atomic E-state index is 7.30. The van der Waals surface area contributed by atoms with Crippen LogP contribution < -0.4 is 10.5 Å². The molecule has 3 N–H and O–H groups in total. The van der Waals surface area contributed by atoms with E-state index in [1.54, 1.807) is 18.4 Å². The second-order valence-corrected chi connectivity index (χ2v) is 2.99. The molecule has 0 amide bonds. The Balaban J connectivity index is 2.12. The Bertz CT molecular complexity index is 481. The summed E-state index contributed by atoms with van der Waals surface area (Å²) >= 11 is 0. The lowest BCUT2D eigenvalue weighted by Crippen LogP contribution is -2.15. The monoisotopic (exact) mass is 218 g/mol. The quantitative estimate of drug-likeness (QED) is 0.587. The van der Waals surface area contributed by atoms with Gasteiger partial charge in [-0.1, -0.05) is 0 Å². The normalized spacial score (nSPS) is 10.0. The van der Waals surface area contributed by atoms with E-state index in [0.717, 1.165) is 0 Å². The second kappa shape index (κ2) is 4.43. The van der Waals surface area contributed by atoms with Gasteiger partial charge in [0.05, 0.1) is 6.26 Å². The Labute approximate surface area is 91.6 Å². The van der Waals surface area contributed by atoms with E-state index in [0.29, 0.717) is 5.76 Å². The smallest absolute Gasteiger partial charge is 0.244 e. The fourth-order valence-electron chi connectivity index (χ4n) is 1.15. The third-order valence-electron chi connectivity index (χ3n) is 1.85. The van der Waals surface area contributed by atoms with Gasteiger partial charge in [-0.15, -0.1) is 0 Å². The number of nitrogens with two attached hydrogens (primary N) is 1. The number of nitrogens with zero attached hydrogens (tertiary/aromatic N) is 2. The van der Waals surface area contributed by atoms with Crippen molar-refractivity contribution >= 4 is 5.84 Å². The lowest BCUT2D eigenvalue weighted by Gasteiger charge is -2.06. The summed E-state index contributed by atoms with van der Waals surface area (Å²) < 4.78 is 10.5. The van der Waals surface area contributed by atoms with E-state index in [9.17, 15) is 0 Å². The first-order valence-corrected chi connectivity index (χ1v) is 4.58. The molecule has 0 bridgehead atoms. The van der Waals surface area contributed by atoms with E-state index in [1.165, 1.54) is 12.4 Å². The van der Waals surface area contributed by atoms with Crippen molar-refractivity contribution in [2.75, 3.05) is 0 Å². The van der Waals surface area contributed by atoms with Crippen LogP contribution in [0.1, 0.15) is 11.5 Å². The van der Waals surface area contributed by atoms with E-state index in [2.05, 4.69) is 9.97 Å². The van der Waals surface area contributed by atoms with Gasteiger partial charge in [0.2, 0.25) is 5.88 Å². The van der Waals surface area contributed by atoms with Gasteiger partial charge in [-0.25, -0.2) is 9.97 Å². The van der Waals surface area contributed by atoms with Gasteiger partial charge >= 0.3 is 0 Å².